The van der Waals surface area contributed by atoms with Gasteiger partial charge in [-0.1, -0.05) is 0 Å². The first kappa shape index (κ1) is 21.9. The predicted octanol–water partition coefficient (Wildman–Crippen LogP) is 2.04. The lowest BCUT2D eigenvalue weighted by molar-refractivity contribution is -0.140. The van der Waals surface area contributed by atoms with Crippen molar-refractivity contribution in [3.05, 3.63) is 29.6 Å². The summed E-state index contributed by atoms with van der Waals surface area (Å²) < 4.78 is 31.9. The predicted molar refractivity (Wildman–Crippen MR) is 119 cm³/mol. The van der Waals surface area contributed by atoms with Crippen molar-refractivity contribution in [3.63, 3.8) is 0 Å². The van der Waals surface area contributed by atoms with Gasteiger partial charge in [-0.2, -0.15) is 0 Å². The van der Waals surface area contributed by atoms with Gasteiger partial charge in [0.1, 0.15) is 19.6 Å². The molecule has 1 N–H and O–H groups in total. The molecule has 1 aromatic rings. The summed E-state index contributed by atoms with van der Waals surface area (Å²) >= 11 is 0. The minimum absolute atomic E-state index is 0.00420. The SMILES string of the molecule is CP(C)(=O)c1cc(F)cc(CC2CC3(C2)CN(C(=O)N2CC[C@@H]4OCC(=O)N[C@@H]4C2)C3)c1. The lowest BCUT2D eigenvalue weighted by Gasteiger charge is -2.60. The highest BCUT2D eigenvalue weighted by molar-refractivity contribution is 7.70. The molecule has 0 bridgehead atoms. The second-order valence-corrected chi connectivity index (χ2v) is 13.8. The number of rotatable bonds is 3. The van der Waals surface area contributed by atoms with E-state index in [9.17, 15) is 18.5 Å². The monoisotopic (exact) mass is 463 g/mol. The van der Waals surface area contributed by atoms with Crippen molar-refractivity contribution in [2.45, 2.75) is 37.8 Å². The number of morpholine rings is 1. The van der Waals surface area contributed by atoms with Gasteiger partial charge in [0.05, 0.1) is 12.1 Å². The highest BCUT2D eigenvalue weighted by atomic mass is 31.2. The number of ether oxygens (including phenoxy) is 1. The van der Waals surface area contributed by atoms with Crippen LogP contribution in [0.2, 0.25) is 0 Å². The van der Waals surface area contributed by atoms with Crippen LogP contribution in [-0.4, -0.2) is 80.0 Å². The Labute approximate surface area is 188 Å². The number of nitrogens with zero attached hydrogens (tertiary/aromatic N) is 2. The van der Waals surface area contributed by atoms with E-state index >= 15 is 0 Å². The van der Waals surface area contributed by atoms with E-state index in [0.717, 1.165) is 44.3 Å². The van der Waals surface area contributed by atoms with E-state index in [4.69, 9.17) is 4.74 Å². The number of halogens is 1. The molecule has 9 heteroatoms. The zero-order valence-electron chi connectivity index (χ0n) is 18.7. The van der Waals surface area contributed by atoms with Crippen LogP contribution >= 0.6 is 7.14 Å². The fraction of sp³-hybridized carbons (Fsp3) is 0.652. The quantitative estimate of drug-likeness (QED) is 0.696. The lowest BCUT2D eigenvalue weighted by atomic mass is 9.56. The van der Waals surface area contributed by atoms with E-state index < -0.39 is 7.14 Å². The molecule has 1 aliphatic carbocycles. The van der Waals surface area contributed by atoms with Gasteiger partial charge in [0.15, 0.2) is 0 Å². The molecule has 3 amide bonds. The fourth-order valence-corrected chi connectivity index (χ4v) is 6.85. The van der Waals surface area contributed by atoms with Crippen molar-refractivity contribution < 1.29 is 23.3 Å². The van der Waals surface area contributed by atoms with Crippen LogP contribution in [0.5, 0.6) is 0 Å². The maximum atomic E-state index is 14.0. The highest BCUT2D eigenvalue weighted by Gasteiger charge is 2.54. The van der Waals surface area contributed by atoms with Crippen molar-refractivity contribution in [1.29, 1.82) is 0 Å². The molecule has 32 heavy (non-hydrogen) atoms. The van der Waals surface area contributed by atoms with Crippen LogP contribution in [0.15, 0.2) is 18.2 Å². The smallest absolute Gasteiger partial charge is 0.320 e. The third-order valence-corrected chi connectivity index (χ3v) is 8.95. The molecule has 0 unspecified atom stereocenters. The first-order chi connectivity index (χ1) is 15.1. The normalized spacial score (nSPS) is 27.4. The molecule has 3 aliphatic heterocycles. The number of hydrogen-bond acceptors (Lipinski definition) is 4. The number of likely N-dealkylation sites (tertiary alicyclic amines) is 2. The van der Waals surface area contributed by atoms with Gasteiger partial charge in [-0.3, -0.25) is 4.79 Å². The van der Waals surface area contributed by atoms with Crippen molar-refractivity contribution in [2.24, 2.45) is 11.3 Å². The minimum Gasteiger partial charge on any atom is -0.366 e. The standard InChI is InChI=1S/C23H31FN3O4P/c1-32(2,30)18-7-15(6-17(24)8-18)5-16-9-23(10-16)13-27(14-23)22(29)26-4-3-20-19(11-26)25-21(28)12-31-20/h6-8,16,19-20H,3-5,9-14H2,1-2H3,(H,25,28)/t19-,20+/m1/s1. The zero-order chi connectivity index (χ0) is 22.7. The Bertz CT molecular complexity index is 981. The van der Waals surface area contributed by atoms with Gasteiger partial charge in [-0.05, 0) is 68.7 Å². The molecule has 0 aromatic heterocycles. The number of carbonyl (C=O) groups is 2. The number of amides is 3. The first-order valence-electron chi connectivity index (χ1n) is 11.4. The summed E-state index contributed by atoms with van der Waals surface area (Å²) in [5, 5.41) is 3.54. The van der Waals surface area contributed by atoms with Gasteiger partial charge in [-0.25, -0.2) is 9.18 Å². The summed E-state index contributed by atoms with van der Waals surface area (Å²) in [5.74, 6) is 0.0367. The summed E-state index contributed by atoms with van der Waals surface area (Å²) in [5.41, 5.74) is 1.11. The molecule has 7 nitrogen and oxygen atoms in total. The van der Waals surface area contributed by atoms with Crippen molar-refractivity contribution in [2.75, 3.05) is 46.1 Å². The van der Waals surface area contributed by atoms with E-state index in [0.29, 0.717) is 24.3 Å². The Balaban J connectivity index is 1.11. The van der Waals surface area contributed by atoms with Gasteiger partial charge < -0.3 is 24.4 Å². The van der Waals surface area contributed by atoms with E-state index in [2.05, 4.69) is 5.32 Å². The van der Waals surface area contributed by atoms with Crippen LogP contribution in [0, 0.1) is 17.2 Å². The van der Waals surface area contributed by atoms with Gasteiger partial charge in [0.2, 0.25) is 5.91 Å². The van der Waals surface area contributed by atoms with Gasteiger partial charge in [0.25, 0.3) is 0 Å². The molecule has 3 heterocycles. The first-order valence-corrected chi connectivity index (χ1v) is 14.0. The van der Waals surface area contributed by atoms with Crippen LogP contribution in [-0.2, 0) is 20.5 Å². The fourth-order valence-electron chi connectivity index (χ4n) is 5.94. The summed E-state index contributed by atoms with van der Waals surface area (Å²) in [6.07, 6.45) is 3.61. The molecular formula is C23H31FN3O4P. The van der Waals surface area contributed by atoms with Crippen LogP contribution in [0.3, 0.4) is 0 Å². The van der Waals surface area contributed by atoms with Gasteiger partial charge in [-0.15, -0.1) is 0 Å². The Kier molecular flexibility index (Phi) is 5.37. The van der Waals surface area contributed by atoms with E-state index in [1.165, 1.54) is 6.07 Å². The van der Waals surface area contributed by atoms with Crippen molar-refractivity contribution in [1.82, 2.24) is 15.1 Å². The van der Waals surface area contributed by atoms with E-state index in [1.807, 2.05) is 15.9 Å². The number of urea groups is 1. The topological polar surface area (TPSA) is 79.0 Å². The Morgan fingerprint density at radius 1 is 1.25 bits per heavy atom. The molecule has 4 aliphatic rings. The maximum Gasteiger partial charge on any atom is 0.320 e. The summed E-state index contributed by atoms with van der Waals surface area (Å²) in [7, 11) is -2.49. The Morgan fingerprint density at radius 3 is 2.72 bits per heavy atom. The second-order valence-electron chi connectivity index (χ2n) is 10.5. The second kappa shape index (κ2) is 7.84. The van der Waals surface area contributed by atoms with E-state index in [-0.39, 0.29) is 41.9 Å². The summed E-state index contributed by atoms with van der Waals surface area (Å²) in [6, 6.07) is 4.76. The van der Waals surface area contributed by atoms with Crippen LogP contribution in [0.4, 0.5) is 9.18 Å². The minimum atomic E-state index is -2.49. The van der Waals surface area contributed by atoms with Crippen LogP contribution < -0.4 is 10.6 Å². The molecular weight excluding hydrogens is 432 g/mol. The number of carbonyl (C=O) groups excluding carboxylic acids is 2. The summed E-state index contributed by atoms with van der Waals surface area (Å²) in [6.45, 7) is 6.14. The van der Waals surface area contributed by atoms with Crippen molar-refractivity contribution >= 4 is 24.4 Å². The number of nitrogens with one attached hydrogen (secondary N) is 1. The lowest BCUT2D eigenvalue weighted by Crippen LogP contribution is -2.68. The van der Waals surface area contributed by atoms with Crippen LogP contribution in [0.25, 0.3) is 0 Å². The molecule has 1 spiro atoms. The Hall–Kier alpha value is -1.92. The molecule has 5 rings (SSSR count). The molecule has 4 fully saturated rings. The highest BCUT2D eigenvalue weighted by Crippen LogP contribution is 2.53. The zero-order valence-corrected chi connectivity index (χ0v) is 19.6. The van der Waals surface area contributed by atoms with E-state index in [1.54, 1.807) is 19.4 Å². The number of benzene rings is 1. The average Bonchev–Trinajstić information content (AvgIpc) is 2.66. The number of hydrogen-bond donors (Lipinski definition) is 1. The number of fused-ring (bicyclic) bond motifs is 1. The molecule has 1 aromatic carbocycles. The third-order valence-electron chi connectivity index (χ3n) is 7.45. The molecule has 0 radical (unpaired) electrons. The van der Waals surface area contributed by atoms with Crippen LogP contribution in [0.1, 0.15) is 24.8 Å². The maximum absolute atomic E-state index is 14.0. The molecule has 2 atom stereocenters. The third kappa shape index (κ3) is 4.19. The summed E-state index contributed by atoms with van der Waals surface area (Å²) in [4.78, 5) is 28.3. The van der Waals surface area contributed by atoms with Gasteiger partial charge >= 0.3 is 6.03 Å². The average molecular weight is 463 g/mol. The molecule has 174 valence electrons. The molecule has 1 saturated carbocycles. The van der Waals surface area contributed by atoms with Gasteiger partial charge in [0, 0.05) is 36.9 Å². The Morgan fingerprint density at radius 2 is 2.00 bits per heavy atom. The largest absolute Gasteiger partial charge is 0.366 e. The van der Waals surface area contributed by atoms with Crippen molar-refractivity contribution in [3.8, 4) is 0 Å². The molecule has 3 saturated heterocycles. The number of piperidine rings is 1.